The molecule has 1 fully saturated rings. The number of hydrogen-bond acceptors (Lipinski definition) is 3. The van der Waals surface area contributed by atoms with Gasteiger partial charge >= 0.3 is 0 Å². The molecule has 70 valence electrons. The average molecular weight is 188 g/mol. The molecular formula is C8H16N2OS. The first-order chi connectivity index (χ1) is 5.65. The second-order valence-electron chi connectivity index (χ2n) is 3.31. The topological polar surface area (TPSA) is 46.3 Å². The molecule has 1 amide bonds. The Labute approximate surface area is 77.7 Å². The standard InChI is InChI=1S/C8H16N2OS/c1-6(2)10-4-7(3-9)12-5-8(10)11/h6-7H,3-5,9H2,1-2H3. The van der Waals surface area contributed by atoms with Crippen LogP contribution in [0.5, 0.6) is 0 Å². The molecule has 1 saturated heterocycles. The zero-order valence-corrected chi connectivity index (χ0v) is 8.43. The number of carbonyl (C=O) groups excluding carboxylic acids is 1. The third-order valence-electron chi connectivity index (χ3n) is 2.05. The Morgan fingerprint density at radius 2 is 2.42 bits per heavy atom. The van der Waals surface area contributed by atoms with E-state index in [2.05, 4.69) is 0 Å². The van der Waals surface area contributed by atoms with Crippen molar-refractivity contribution in [2.45, 2.75) is 25.1 Å². The van der Waals surface area contributed by atoms with Gasteiger partial charge in [0, 0.05) is 24.4 Å². The van der Waals surface area contributed by atoms with E-state index >= 15 is 0 Å². The van der Waals surface area contributed by atoms with Crippen molar-refractivity contribution >= 4 is 17.7 Å². The summed E-state index contributed by atoms with van der Waals surface area (Å²) in [6.45, 7) is 5.57. The molecule has 1 rings (SSSR count). The molecule has 1 aliphatic heterocycles. The Hall–Kier alpha value is -0.220. The maximum atomic E-state index is 11.4. The average Bonchev–Trinajstić information content (AvgIpc) is 2.05. The van der Waals surface area contributed by atoms with Crippen molar-refractivity contribution in [3.8, 4) is 0 Å². The summed E-state index contributed by atoms with van der Waals surface area (Å²) in [6, 6.07) is 0.312. The minimum atomic E-state index is 0.250. The predicted octanol–water partition coefficient (Wildman–Crippen LogP) is 0.298. The molecule has 12 heavy (non-hydrogen) atoms. The second kappa shape index (κ2) is 4.14. The number of amides is 1. The lowest BCUT2D eigenvalue weighted by Gasteiger charge is -2.34. The van der Waals surface area contributed by atoms with Crippen molar-refractivity contribution in [3.63, 3.8) is 0 Å². The summed E-state index contributed by atoms with van der Waals surface area (Å²) in [5.74, 6) is 0.847. The van der Waals surface area contributed by atoms with Crippen molar-refractivity contribution in [2.75, 3.05) is 18.8 Å². The molecule has 2 N–H and O–H groups in total. The van der Waals surface area contributed by atoms with Gasteiger partial charge in [-0.05, 0) is 13.8 Å². The molecule has 1 heterocycles. The number of nitrogens with zero attached hydrogens (tertiary/aromatic N) is 1. The van der Waals surface area contributed by atoms with Gasteiger partial charge < -0.3 is 10.6 Å². The van der Waals surface area contributed by atoms with Crippen molar-refractivity contribution in [3.05, 3.63) is 0 Å². The largest absolute Gasteiger partial charge is 0.338 e. The lowest BCUT2D eigenvalue weighted by atomic mass is 10.2. The Kier molecular flexibility index (Phi) is 3.40. The number of carbonyl (C=O) groups is 1. The Morgan fingerprint density at radius 1 is 1.75 bits per heavy atom. The minimum Gasteiger partial charge on any atom is -0.338 e. The van der Waals surface area contributed by atoms with Gasteiger partial charge in [-0.1, -0.05) is 0 Å². The molecule has 1 atom stereocenters. The summed E-state index contributed by atoms with van der Waals surface area (Å²) in [4.78, 5) is 13.3. The fourth-order valence-electron chi connectivity index (χ4n) is 1.29. The third-order valence-corrected chi connectivity index (χ3v) is 3.28. The summed E-state index contributed by atoms with van der Waals surface area (Å²) in [6.07, 6.45) is 0. The normalized spacial score (nSPS) is 25.2. The Balaban J connectivity index is 2.53. The summed E-state index contributed by atoms with van der Waals surface area (Å²) in [5, 5.41) is 0.435. The van der Waals surface area contributed by atoms with E-state index < -0.39 is 0 Å². The van der Waals surface area contributed by atoms with Crippen LogP contribution in [0.25, 0.3) is 0 Å². The summed E-state index contributed by atoms with van der Waals surface area (Å²) < 4.78 is 0. The van der Waals surface area contributed by atoms with E-state index in [0.29, 0.717) is 23.6 Å². The van der Waals surface area contributed by atoms with E-state index in [4.69, 9.17) is 5.73 Å². The number of nitrogens with two attached hydrogens (primary N) is 1. The van der Waals surface area contributed by atoms with Crippen LogP contribution in [-0.2, 0) is 4.79 Å². The van der Waals surface area contributed by atoms with Crippen LogP contribution in [0.1, 0.15) is 13.8 Å². The lowest BCUT2D eigenvalue weighted by Crippen LogP contribution is -2.48. The van der Waals surface area contributed by atoms with Gasteiger partial charge in [0.05, 0.1) is 5.75 Å². The second-order valence-corrected chi connectivity index (χ2v) is 4.60. The SMILES string of the molecule is CC(C)N1CC(CN)SCC1=O. The monoisotopic (exact) mass is 188 g/mol. The molecule has 0 spiro atoms. The molecule has 0 aliphatic carbocycles. The van der Waals surface area contributed by atoms with Crippen LogP contribution in [-0.4, -0.2) is 40.9 Å². The maximum absolute atomic E-state index is 11.4. The van der Waals surface area contributed by atoms with E-state index in [-0.39, 0.29) is 5.91 Å². The van der Waals surface area contributed by atoms with Crippen LogP contribution < -0.4 is 5.73 Å². The van der Waals surface area contributed by atoms with E-state index in [0.717, 1.165) is 6.54 Å². The quantitative estimate of drug-likeness (QED) is 0.678. The molecule has 1 aliphatic rings. The molecule has 0 saturated carbocycles. The van der Waals surface area contributed by atoms with Crippen LogP contribution in [0.2, 0.25) is 0 Å². The zero-order chi connectivity index (χ0) is 9.14. The Bertz CT molecular complexity index is 172. The molecule has 0 bridgehead atoms. The van der Waals surface area contributed by atoms with Crippen LogP contribution in [0, 0.1) is 0 Å². The van der Waals surface area contributed by atoms with Crippen LogP contribution in [0.15, 0.2) is 0 Å². The van der Waals surface area contributed by atoms with Crippen molar-refractivity contribution in [1.82, 2.24) is 4.90 Å². The van der Waals surface area contributed by atoms with Crippen LogP contribution in [0.4, 0.5) is 0 Å². The molecule has 1 unspecified atom stereocenters. The van der Waals surface area contributed by atoms with Crippen LogP contribution >= 0.6 is 11.8 Å². The van der Waals surface area contributed by atoms with E-state index in [1.807, 2.05) is 18.7 Å². The third kappa shape index (κ3) is 2.14. The highest BCUT2D eigenvalue weighted by Gasteiger charge is 2.26. The van der Waals surface area contributed by atoms with Gasteiger partial charge in [-0.3, -0.25) is 4.79 Å². The highest BCUT2D eigenvalue weighted by atomic mass is 32.2. The lowest BCUT2D eigenvalue weighted by molar-refractivity contribution is -0.130. The van der Waals surface area contributed by atoms with Crippen molar-refractivity contribution < 1.29 is 4.79 Å². The first kappa shape index (κ1) is 9.86. The number of rotatable bonds is 2. The highest BCUT2D eigenvalue weighted by Crippen LogP contribution is 2.19. The fourth-order valence-corrected chi connectivity index (χ4v) is 2.23. The molecule has 0 aromatic carbocycles. The minimum absolute atomic E-state index is 0.250. The smallest absolute Gasteiger partial charge is 0.232 e. The van der Waals surface area contributed by atoms with Crippen LogP contribution in [0.3, 0.4) is 0 Å². The zero-order valence-electron chi connectivity index (χ0n) is 7.62. The molecule has 0 aromatic heterocycles. The maximum Gasteiger partial charge on any atom is 0.232 e. The van der Waals surface area contributed by atoms with Gasteiger partial charge in [0.2, 0.25) is 5.91 Å². The van der Waals surface area contributed by atoms with Gasteiger partial charge in [0.15, 0.2) is 0 Å². The van der Waals surface area contributed by atoms with E-state index in [1.165, 1.54) is 0 Å². The number of hydrogen-bond donors (Lipinski definition) is 1. The first-order valence-corrected chi connectivity index (χ1v) is 5.31. The van der Waals surface area contributed by atoms with E-state index in [9.17, 15) is 4.79 Å². The Morgan fingerprint density at radius 3 is 2.92 bits per heavy atom. The number of thioether (sulfide) groups is 1. The molecule has 3 nitrogen and oxygen atoms in total. The highest BCUT2D eigenvalue weighted by molar-refractivity contribution is 8.00. The molecule has 4 heteroatoms. The summed E-state index contributed by atoms with van der Waals surface area (Å²) >= 11 is 1.68. The van der Waals surface area contributed by atoms with Gasteiger partial charge in [0.1, 0.15) is 0 Å². The molecule has 0 radical (unpaired) electrons. The predicted molar refractivity (Wildman–Crippen MR) is 52.1 cm³/mol. The first-order valence-electron chi connectivity index (χ1n) is 4.26. The fraction of sp³-hybridized carbons (Fsp3) is 0.875. The van der Waals surface area contributed by atoms with Crippen molar-refractivity contribution in [1.29, 1.82) is 0 Å². The summed E-state index contributed by atoms with van der Waals surface area (Å²) in [7, 11) is 0. The van der Waals surface area contributed by atoms with Gasteiger partial charge in [-0.2, -0.15) is 0 Å². The van der Waals surface area contributed by atoms with E-state index in [1.54, 1.807) is 11.8 Å². The van der Waals surface area contributed by atoms with Gasteiger partial charge in [-0.25, -0.2) is 0 Å². The summed E-state index contributed by atoms with van der Waals surface area (Å²) in [5.41, 5.74) is 5.55. The molecule has 0 aromatic rings. The van der Waals surface area contributed by atoms with Gasteiger partial charge in [0.25, 0.3) is 0 Å². The van der Waals surface area contributed by atoms with Gasteiger partial charge in [-0.15, -0.1) is 11.8 Å². The van der Waals surface area contributed by atoms with Crippen molar-refractivity contribution in [2.24, 2.45) is 5.73 Å². The molecular weight excluding hydrogens is 172 g/mol.